The fourth-order valence-electron chi connectivity index (χ4n) is 5.63. The molecule has 212 valence electrons. The van der Waals surface area contributed by atoms with Gasteiger partial charge >= 0.3 is 11.9 Å². The summed E-state index contributed by atoms with van der Waals surface area (Å²) in [5.74, 6) is -2.56. The van der Waals surface area contributed by atoms with Crippen LogP contribution in [-0.2, 0) is 23.9 Å². The minimum absolute atomic E-state index is 0.127. The first-order valence-corrected chi connectivity index (χ1v) is 13.2. The lowest BCUT2D eigenvalue weighted by molar-refractivity contribution is -0.152. The summed E-state index contributed by atoms with van der Waals surface area (Å²) in [6, 6.07) is 12.6. The molecule has 3 atom stereocenters. The van der Waals surface area contributed by atoms with Gasteiger partial charge in [0.05, 0.1) is 46.0 Å². The standard InChI is InChI=1S/C31H35NO8/c1-7-39-30(34)24-17(3)32-22-16-21(18-12-14-19(36-4)15-13-18)26(31(35)40-8-2)28(33)27(22)25(24)20-10-9-11-23(37-5)29(20)38-6/h9-15,21,25-26,32H,7-8,16H2,1-6H3/t21-,25+,26-/m0/s1. The molecule has 2 aliphatic rings. The number of ketones is 1. The maximum atomic E-state index is 14.5. The van der Waals surface area contributed by atoms with Gasteiger partial charge in [0.1, 0.15) is 11.7 Å². The van der Waals surface area contributed by atoms with Gasteiger partial charge in [-0.3, -0.25) is 9.59 Å². The van der Waals surface area contributed by atoms with Crippen LogP contribution in [0.15, 0.2) is 65.0 Å². The topological polar surface area (TPSA) is 109 Å². The van der Waals surface area contributed by atoms with Crippen LogP contribution in [0.5, 0.6) is 17.2 Å². The second-order valence-corrected chi connectivity index (χ2v) is 9.47. The van der Waals surface area contributed by atoms with Crippen molar-refractivity contribution in [3.8, 4) is 17.2 Å². The van der Waals surface area contributed by atoms with Crippen LogP contribution in [0.3, 0.4) is 0 Å². The number of carbonyl (C=O) groups is 3. The lowest BCUT2D eigenvalue weighted by atomic mass is 9.67. The number of Topliss-reactive ketones (excluding diaryl/α,β-unsaturated/α-hetero) is 1. The van der Waals surface area contributed by atoms with E-state index in [9.17, 15) is 14.4 Å². The molecule has 0 bridgehead atoms. The smallest absolute Gasteiger partial charge is 0.336 e. The van der Waals surface area contributed by atoms with E-state index in [1.165, 1.54) is 14.2 Å². The van der Waals surface area contributed by atoms with Crippen molar-refractivity contribution in [1.29, 1.82) is 0 Å². The van der Waals surface area contributed by atoms with Gasteiger partial charge in [-0.2, -0.15) is 0 Å². The van der Waals surface area contributed by atoms with Crippen molar-refractivity contribution in [2.45, 2.75) is 39.0 Å². The molecule has 1 heterocycles. The fourth-order valence-corrected chi connectivity index (χ4v) is 5.63. The van der Waals surface area contributed by atoms with E-state index in [0.717, 1.165) is 5.56 Å². The summed E-state index contributed by atoms with van der Waals surface area (Å²) >= 11 is 0. The third-order valence-electron chi connectivity index (χ3n) is 7.34. The number of benzene rings is 2. The molecule has 0 amide bonds. The molecule has 40 heavy (non-hydrogen) atoms. The van der Waals surface area contributed by atoms with Crippen molar-refractivity contribution in [3.63, 3.8) is 0 Å². The van der Waals surface area contributed by atoms with Crippen molar-refractivity contribution in [1.82, 2.24) is 5.32 Å². The lowest BCUT2D eigenvalue weighted by Crippen LogP contribution is -2.43. The number of rotatable bonds is 9. The molecule has 9 nitrogen and oxygen atoms in total. The van der Waals surface area contributed by atoms with E-state index in [0.29, 0.717) is 46.2 Å². The molecule has 4 rings (SSSR count). The van der Waals surface area contributed by atoms with Crippen LogP contribution in [0.2, 0.25) is 0 Å². The number of nitrogens with one attached hydrogen (secondary N) is 1. The van der Waals surface area contributed by atoms with Gasteiger partial charge in [0.15, 0.2) is 17.3 Å². The van der Waals surface area contributed by atoms with E-state index >= 15 is 0 Å². The molecule has 0 fully saturated rings. The Bertz CT molecular complexity index is 1360. The zero-order valence-corrected chi connectivity index (χ0v) is 23.7. The first kappa shape index (κ1) is 28.7. The Kier molecular flexibility index (Phi) is 8.82. The Morgan fingerprint density at radius 1 is 0.925 bits per heavy atom. The molecule has 0 spiro atoms. The summed E-state index contributed by atoms with van der Waals surface area (Å²) in [7, 11) is 4.60. The summed E-state index contributed by atoms with van der Waals surface area (Å²) in [6.45, 7) is 5.48. The number of allylic oxidation sites excluding steroid dienone is 3. The zero-order valence-electron chi connectivity index (χ0n) is 23.7. The largest absolute Gasteiger partial charge is 0.497 e. The highest BCUT2D eigenvalue weighted by Crippen LogP contribution is 2.51. The molecule has 0 unspecified atom stereocenters. The molecular weight excluding hydrogens is 514 g/mol. The van der Waals surface area contributed by atoms with Crippen molar-refractivity contribution in [3.05, 3.63) is 76.1 Å². The van der Waals surface area contributed by atoms with E-state index in [2.05, 4.69) is 5.32 Å². The molecule has 1 aliphatic carbocycles. The average Bonchev–Trinajstić information content (AvgIpc) is 2.95. The van der Waals surface area contributed by atoms with Crippen LogP contribution in [0.4, 0.5) is 0 Å². The van der Waals surface area contributed by atoms with E-state index < -0.39 is 35.5 Å². The Morgan fingerprint density at radius 3 is 2.23 bits per heavy atom. The second-order valence-electron chi connectivity index (χ2n) is 9.47. The summed E-state index contributed by atoms with van der Waals surface area (Å²) in [4.78, 5) is 41.2. The lowest BCUT2D eigenvalue weighted by Gasteiger charge is -2.39. The summed E-state index contributed by atoms with van der Waals surface area (Å²) in [5, 5.41) is 3.31. The zero-order chi connectivity index (χ0) is 29.0. The molecule has 0 saturated carbocycles. The number of para-hydroxylation sites is 1. The molecule has 9 heteroatoms. The number of esters is 2. The normalized spacial score (nSPS) is 20.4. The van der Waals surface area contributed by atoms with Gasteiger partial charge in [-0.1, -0.05) is 24.3 Å². The highest BCUT2D eigenvalue weighted by atomic mass is 16.5. The quantitative estimate of drug-likeness (QED) is 0.359. The highest BCUT2D eigenvalue weighted by Gasteiger charge is 2.49. The third-order valence-corrected chi connectivity index (χ3v) is 7.34. The van der Waals surface area contributed by atoms with Gasteiger partial charge in [-0.05, 0) is 51.0 Å². The Balaban J connectivity index is 1.95. The van der Waals surface area contributed by atoms with Gasteiger partial charge in [-0.25, -0.2) is 4.79 Å². The summed E-state index contributed by atoms with van der Waals surface area (Å²) in [5.41, 5.74) is 3.12. The maximum Gasteiger partial charge on any atom is 0.336 e. The monoisotopic (exact) mass is 549 g/mol. The molecule has 1 N–H and O–H groups in total. The number of hydrogen-bond donors (Lipinski definition) is 1. The van der Waals surface area contributed by atoms with E-state index in [1.807, 2.05) is 12.1 Å². The van der Waals surface area contributed by atoms with E-state index in [4.69, 9.17) is 23.7 Å². The average molecular weight is 550 g/mol. The summed E-state index contributed by atoms with van der Waals surface area (Å²) < 4.78 is 27.4. The molecule has 1 aliphatic heterocycles. The number of ether oxygens (including phenoxy) is 5. The minimum Gasteiger partial charge on any atom is -0.497 e. The van der Waals surface area contributed by atoms with Crippen LogP contribution >= 0.6 is 0 Å². The Morgan fingerprint density at radius 2 is 1.62 bits per heavy atom. The number of carbonyl (C=O) groups excluding carboxylic acids is 3. The van der Waals surface area contributed by atoms with Crippen LogP contribution in [0.1, 0.15) is 50.2 Å². The third kappa shape index (κ3) is 5.15. The first-order chi connectivity index (χ1) is 19.3. The first-order valence-electron chi connectivity index (χ1n) is 13.2. The predicted octanol–water partition coefficient (Wildman–Crippen LogP) is 4.43. The van der Waals surface area contributed by atoms with Gasteiger partial charge in [-0.15, -0.1) is 0 Å². The van der Waals surface area contributed by atoms with Crippen LogP contribution < -0.4 is 19.5 Å². The van der Waals surface area contributed by atoms with Gasteiger partial charge in [0.2, 0.25) is 0 Å². The molecule has 2 aromatic rings. The predicted molar refractivity (Wildman–Crippen MR) is 147 cm³/mol. The van der Waals surface area contributed by atoms with E-state index in [-0.39, 0.29) is 18.8 Å². The fraction of sp³-hybridized carbons (Fsp3) is 0.387. The van der Waals surface area contributed by atoms with Crippen molar-refractivity contribution >= 4 is 17.7 Å². The SMILES string of the molecule is CCOC(=O)C1=C(C)NC2=C(C(=O)[C@@H](C(=O)OCC)[C@H](c3ccc(OC)cc3)C2)[C@@H]1c1cccc(OC)c1OC. The molecule has 2 aromatic carbocycles. The van der Waals surface area contributed by atoms with Gasteiger partial charge in [0.25, 0.3) is 0 Å². The minimum atomic E-state index is -1.12. The molecule has 0 radical (unpaired) electrons. The van der Waals surface area contributed by atoms with Gasteiger partial charge in [0, 0.05) is 28.4 Å². The molecular formula is C31H35NO8. The highest BCUT2D eigenvalue weighted by molar-refractivity contribution is 6.13. The van der Waals surface area contributed by atoms with Crippen LogP contribution in [0, 0.1) is 5.92 Å². The van der Waals surface area contributed by atoms with Gasteiger partial charge < -0.3 is 29.0 Å². The number of methoxy groups -OCH3 is 3. The van der Waals surface area contributed by atoms with Crippen molar-refractivity contribution in [2.75, 3.05) is 34.5 Å². The van der Waals surface area contributed by atoms with Crippen molar-refractivity contribution in [2.24, 2.45) is 5.92 Å². The Hall–Kier alpha value is -4.27. The van der Waals surface area contributed by atoms with Crippen LogP contribution in [-0.4, -0.2) is 52.3 Å². The molecule has 0 saturated heterocycles. The second kappa shape index (κ2) is 12.3. The number of dihydropyridines is 1. The molecule has 0 aromatic heterocycles. The summed E-state index contributed by atoms with van der Waals surface area (Å²) in [6.07, 6.45) is 0.340. The number of hydrogen-bond acceptors (Lipinski definition) is 9. The maximum absolute atomic E-state index is 14.5. The van der Waals surface area contributed by atoms with Crippen molar-refractivity contribution < 1.29 is 38.1 Å². The van der Waals surface area contributed by atoms with E-state index in [1.54, 1.807) is 58.2 Å². The Labute approximate surface area is 234 Å². The van der Waals surface area contributed by atoms with Crippen LogP contribution in [0.25, 0.3) is 0 Å².